The Morgan fingerprint density at radius 1 is 1.88 bits per heavy atom. The molecule has 46 valence electrons. The number of carbonyl (C=O) groups is 1. The molecule has 0 fully saturated rings. The van der Waals surface area contributed by atoms with E-state index in [-0.39, 0.29) is 5.38 Å². The van der Waals surface area contributed by atoms with Crippen molar-refractivity contribution in [3.05, 3.63) is 12.2 Å². The molecule has 1 N–H and O–H groups in total. The molecule has 0 aliphatic rings. The van der Waals surface area contributed by atoms with Crippen LogP contribution < -0.4 is 0 Å². The molecule has 0 rings (SSSR count). The Labute approximate surface area is 52.8 Å². The lowest BCUT2D eigenvalue weighted by atomic mass is 10.4. The predicted molar refractivity (Wildman–Crippen MR) is 32.1 cm³/mol. The zero-order valence-corrected chi connectivity index (χ0v) is 5.22. The standard InChI is InChI=1S/C5H7ClO2/c1-4(6)2-3-5(7)8/h2-4H,1H3,(H,7,8). The van der Waals surface area contributed by atoms with Crippen LogP contribution in [0.1, 0.15) is 6.92 Å². The summed E-state index contributed by atoms with van der Waals surface area (Å²) in [4.78, 5) is 9.76. The zero-order valence-electron chi connectivity index (χ0n) is 4.47. The summed E-state index contributed by atoms with van der Waals surface area (Å²) in [5.74, 6) is -0.961. The van der Waals surface area contributed by atoms with Crippen LogP contribution in [0.2, 0.25) is 0 Å². The van der Waals surface area contributed by atoms with E-state index < -0.39 is 5.97 Å². The Hall–Kier alpha value is -0.500. The van der Waals surface area contributed by atoms with Gasteiger partial charge in [0.2, 0.25) is 0 Å². The largest absolute Gasteiger partial charge is 0.478 e. The van der Waals surface area contributed by atoms with E-state index in [1.54, 1.807) is 6.92 Å². The van der Waals surface area contributed by atoms with Gasteiger partial charge in [0.25, 0.3) is 0 Å². The fourth-order valence-corrected chi connectivity index (χ4v) is 0.288. The van der Waals surface area contributed by atoms with Crippen LogP contribution in [0, 0.1) is 0 Å². The Balaban J connectivity index is 3.50. The summed E-state index contributed by atoms with van der Waals surface area (Å²) in [6.07, 6.45) is 2.43. The van der Waals surface area contributed by atoms with E-state index in [9.17, 15) is 4.79 Å². The predicted octanol–water partition coefficient (Wildman–Crippen LogP) is 1.25. The lowest BCUT2D eigenvalue weighted by molar-refractivity contribution is -0.131. The van der Waals surface area contributed by atoms with E-state index in [0.29, 0.717) is 0 Å². The molecule has 0 aromatic carbocycles. The smallest absolute Gasteiger partial charge is 0.328 e. The van der Waals surface area contributed by atoms with E-state index in [0.717, 1.165) is 6.08 Å². The lowest BCUT2D eigenvalue weighted by Gasteiger charge is -1.85. The van der Waals surface area contributed by atoms with Crippen LogP contribution in [0.25, 0.3) is 0 Å². The third kappa shape index (κ3) is 5.50. The third-order valence-corrected chi connectivity index (χ3v) is 0.649. The number of aliphatic carboxylic acids is 1. The maximum atomic E-state index is 9.76. The Kier molecular flexibility index (Phi) is 3.28. The Bertz CT molecular complexity index is 107. The van der Waals surface area contributed by atoms with Crippen LogP contribution in [0.15, 0.2) is 12.2 Å². The number of carboxylic acid groups (broad SMARTS) is 1. The Morgan fingerprint density at radius 2 is 2.38 bits per heavy atom. The second kappa shape index (κ2) is 3.50. The topological polar surface area (TPSA) is 37.3 Å². The number of carboxylic acids is 1. The average molecular weight is 135 g/mol. The highest BCUT2D eigenvalue weighted by Crippen LogP contribution is 1.93. The van der Waals surface area contributed by atoms with Gasteiger partial charge in [-0.15, -0.1) is 11.6 Å². The first kappa shape index (κ1) is 7.50. The fraction of sp³-hybridized carbons (Fsp3) is 0.400. The van der Waals surface area contributed by atoms with Crippen molar-refractivity contribution in [3.8, 4) is 0 Å². The van der Waals surface area contributed by atoms with Crippen molar-refractivity contribution in [1.29, 1.82) is 0 Å². The molecule has 3 heteroatoms. The quantitative estimate of drug-likeness (QED) is 0.456. The summed E-state index contributed by atoms with van der Waals surface area (Å²) in [6, 6.07) is 0. The number of hydrogen-bond donors (Lipinski definition) is 1. The molecule has 0 saturated carbocycles. The molecular formula is C5H7ClO2. The highest BCUT2D eigenvalue weighted by molar-refractivity contribution is 6.21. The van der Waals surface area contributed by atoms with Gasteiger partial charge in [-0.1, -0.05) is 6.08 Å². The second-order valence-electron chi connectivity index (χ2n) is 1.37. The van der Waals surface area contributed by atoms with E-state index >= 15 is 0 Å². The molecule has 0 spiro atoms. The van der Waals surface area contributed by atoms with Gasteiger partial charge in [-0.25, -0.2) is 4.79 Å². The van der Waals surface area contributed by atoms with Gasteiger partial charge >= 0.3 is 5.97 Å². The maximum Gasteiger partial charge on any atom is 0.328 e. The number of alkyl halides is 1. The number of halogens is 1. The van der Waals surface area contributed by atoms with E-state index in [4.69, 9.17) is 16.7 Å². The molecule has 0 aliphatic carbocycles. The number of rotatable bonds is 2. The fourth-order valence-electron chi connectivity index (χ4n) is 0.215. The average Bonchev–Trinajstić information content (AvgIpc) is 1.61. The Morgan fingerprint density at radius 3 is 2.50 bits per heavy atom. The van der Waals surface area contributed by atoms with Gasteiger partial charge in [0.05, 0.1) is 0 Å². The summed E-state index contributed by atoms with van der Waals surface area (Å²) in [7, 11) is 0. The zero-order chi connectivity index (χ0) is 6.57. The highest BCUT2D eigenvalue weighted by Gasteiger charge is 1.88. The molecule has 0 amide bonds. The van der Waals surface area contributed by atoms with E-state index in [2.05, 4.69) is 0 Å². The molecule has 0 saturated heterocycles. The lowest BCUT2D eigenvalue weighted by Crippen LogP contribution is -1.89. The summed E-state index contributed by atoms with van der Waals surface area (Å²) in [6.45, 7) is 1.70. The summed E-state index contributed by atoms with van der Waals surface area (Å²) in [5, 5.41) is 7.81. The first-order valence-electron chi connectivity index (χ1n) is 2.18. The van der Waals surface area contributed by atoms with E-state index in [1.165, 1.54) is 6.08 Å². The van der Waals surface area contributed by atoms with Crippen LogP contribution in [-0.2, 0) is 4.79 Å². The van der Waals surface area contributed by atoms with Crippen molar-refractivity contribution < 1.29 is 9.90 Å². The maximum absolute atomic E-state index is 9.76. The monoisotopic (exact) mass is 134 g/mol. The van der Waals surface area contributed by atoms with Gasteiger partial charge in [0, 0.05) is 11.5 Å². The van der Waals surface area contributed by atoms with Crippen LogP contribution in [0.4, 0.5) is 0 Å². The van der Waals surface area contributed by atoms with Gasteiger partial charge < -0.3 is 5.11 Å². The van der Waals surface area contributed by atoms with Crippen molar-refractivity contribution in [2.24, 2.45) is 0 Å². The van der Waals surface area contributed by atoms with Crippen LogP contribution >= 0.6 is 11.6 Å². The summed E-state index contributed by atoms with van der Waals surface area (Å²) < 4.78 is 0. The van der Waals surface area contributed by atoms with Gasteiger partial charge in [0.1, 0.15) is 0 Å². The van der Waals surface area contributed by atoms with Gasteiger partial charge in [-0.05, 0) is 6.92 Å². The van der Waals surface area contributed by atoms with Crippen molar-refractivity contribution in [2.45, 2.75) is 12.3 Å². The molecule has 0 aliphatic heterocycles. The van der Waals surface area contributed by atoms with Gasteiger partial charge in [-0.2, -0.15) is 0 Å². The third-order valence-electron chi connectivity index (χ3n) is 0.504. The molecule has 0 aromatic rings. The van der Waals surface area contributed by atoms with E-state index in [1.807, 2.05) is 0 Å². The molecule has 0 radical (unpaired) electrons. The van der Waals surface area contributed by atoms with Crippen molar-refractivity contribution in [3.63, 3.8) is 0 Å². The van der Waals surface area contributed by atoms with Crippen LogP contribution in [0.5, 0.6) is 0 Å². The SMILES string of the molecule is CC(Cl)C=CC(=O)O. The summed E-state index contributed by atoms with van der Waals surface area (Å²) in [5.41, 5.74) is 0. The minimum atomic E-state index is -0.961. The minimum absolute atomic E-state index is 0.203. The molecule has 0 heterocycles. The molecule has 0 aromatic heterocycles. The molecule has 8 heavy (non-hydrogen) atoms. The molecule has 1 atom stereocenters. The van der Waals surface area contributed by atoms with Gasteiger partial charge in [-0.3, -0.25) is 0 Å². The highest BCUT2D eigenvalue weighted by atomic mass is 35.5. The second-order valence-corrected chi connectivity index (χ2v) is 2.06. The van der Waals surface area contributed by atoms with Crippen molar-refractivity contribution >= 4 is 17.6 Å². The number of hydrogen-bond acceptors (Lipinski definition) is 1. The minimum Gasteiger partial charge on any atom is -0.478 e. The molecule has 1 unspecified atom stereocenters. The summed E-state index contributed by atoms with van der Waals surface area (Å²) >= 11 is 5.37. The molecule has 0 bridgehead atoms. The van der Waals surface area contributed by atoms with Gasteiger partial charge in [0.15, 0.2) is 0 Å². The normalized spacial score (nSPS) is 14.2. The first-order valence-corrected chi connectivity index (χ1v) is 2.62. The number of allylic oxidation sites excluding steroid dienone is 1. The first-order chi connectivity index (χ1) is 3.63. The van der Waals surface area contributed by atoms with Crippen molar-refractivity contribution in [2.75, 3.05) is 0 Å². The molecular weight excluding hydrogens is 128 g/mol. The van der Waals surface area contributed by atoms with Crippen molar-refractivity contribution in [1.82, 2.24) is 0 Å². The molecule has 2 nitrogen and oxygen atoms in total. The van der Waals surface area contributed by atoms with Crippen LogP contribution in [-0.4, -0.2) is 16.5 Å². The van der Waals surface area contributed by atoms with Crippen LogP contribution in [0.3, 0.4) is 0 Å².